The third-order valence-electron chi connectivity index (χ3n) is 11.0. The summed E-state index contributed by atoms with van der Waals surface area (Å²) in [6.07, 6.45) is 0. The van der Waals surface area contributed by atoms with Crippen molar-refractivity contribution in [3.8, 4) is 27.9 Å². The van der Waals surface area contributed by atoms with E-state index in [0.717, 1.165) is 22.7 Å². The van der Waals surface area contributed by atoms with Gasteiger partial charge in [0.05, 0.1) is 11.0 Å². The Balaban J connectivity index is 1.10. The minimum atomic E-state index is 1.11. The van der Waals surface area contributed by atoms with Gasteiger partial charge in [0.2, 0.25) is 0 Å². The molecular weight excluding hydrogens is 685 g/mol. The molecule has 0 amide bonds. The number of benzene rings is 9. The van der Waals surface area contributed by atoms with E-state index in [-0.39, 0.29) is 0 Å². The molecule has 2 nitrogen and oxygen atoms in total. The van der Waals surface area contributed by atoms with Crippen molar-refractivity contribution in [3.63, 3.8) is 0 Å². The zero-order chi connectivity index (χ0) is 36.3. The number of hydrogen-bond acceptors (Lipinski definition) is 2. The lowest BCUT2D eigenvalue weighted by Crippen LogP contribution is -2.10. The quantitative estimate of drug-likeness (QED) is 0.166. The predicted octanol–water partition coefficient (Wildman–Crippen LogP) is 15.1. The highest BCUT2D eigenvalue weighted by Gasteiger charge is 2.19. The third-order valence-corrected chi connectivity index (χ3v) is 12.1. The monoisotopic (exact) mass is 718 g/mol. The lowest BCUT2D eigenvalue weighted by molar-refractivity contribution is 1.18. The number of aromatic nitrogens is 1. The first-order valence-corrected chi connectivity index (χ1v) is 19.6. The molecule has 0 unspecified atom stereocenters. The number of para-hydroxylation sites is 2. The highest BCUT2D eigenvalue weighted by molar-refractivity contribution is 7.25. The van der Waals surface area contributed by atoms with Gasteiger partial charge in [-0.1, -0.05) is 133 Å². The summed E-state index contributed by atoms with van der Waals surface area (Å²) in [5.41, 5.74) is 11.7. The summed E-state index contributed by atoms with van der Waals surface area (Å²) in [6, 6.07) is 75.2. The van der Waals surface area contributed by atoms with Crippen LogP contribution in [-0.2, 0) is 0 Å². The van der Waals surface area contributed by atoms with Gasteiger partial charge < -0.3 is 9.47 Å². The first kappa shape index (κ1) is 31.6. The molecule has 0 bridgehead atoms. The minimum absolute atomic E-state index is 1.11. The van der Waals surface area contributed by atoms with Crippen LogP contribution in [0.1, 0.15) is 0 Å². The number of hydrogen-bond donors (Lipinski definition) is 0. The molecule has 0 aliphatic rings. The maximum Gasteiger partial charge on any atom is 0.0553 e. The van der Waals surface area contributed by atoms with Gasteiger partial charge in [0.1, 0.15) is 0 Å². The molecule has 0 radical (unpaired) electrons. The molecule has 0 aliphatic heterocycles. The fourth-order valence-electron chi connectivity index (χ4n) is 8.47. The molecule has 55 heavy (non-hydrogen) atoms. The summed E-state index contributed by atoms with van der Waals surface area (Å²) in [4.78, 5) is 2.40. The van der Waals surface area contributed by atoms with Gasteiger partial charge in [-0.15, -0.1) is 11.3 Å². The molecule has 9 aromatic carbocycles. The highest BCUT2D eigenvalue weighted by atomic mass is 32.1. The predicted molar refractivity (Wildman–Crippen MR) is 237 cm³/mol. The van der Waals surface area contributed by atoms with E-state index in [1.54, 1.807) is 0 Å². The van der Waals surface area contributed by atoms with Crippen LogP contribution in [0.2, 0.25) is 0 Å². The zero-order valence-corrected chi connectivity index (χ0v) is 30.7. The fourth-order valence-corrected chi connectivity index (χ4v) is 9.56. The van der Waals surface area contributed by atoms with Gasteiger partial charge in [-0.3, -0.25) is 0 Å². The van der Waals surface area contributed by atoms with Gasteiger partial charge in [-0.25, -0.2) is 0 Å². The van der Waals surface area contributed by atoms with Crippen molar-refractivity contribution in [2.75, 3.05) is 4.90 Å². The SMILES string of the molecule is c1ccc(-c2cccc(N(c3ccc(-c4cc5c(c6ccccc46)c4ccccc4n5-c4ccccc4)cc3)c3ccc4sc5ccccc5c4c3)c2)cc1. The Morgan fingerprint density at radius 2 is 0.964 bits per heavy atom. The lowest BCUT2D eigenvalue weighted by atomic mass is 9.94. The summed E-state index contributed by atoms with van der Waals surface area (Å²) in [5.74, 6) is 0. The minimum Gasteiger partial charge on any atom is -0.310 e. The average Bonchev–Trinajstić information content (AvgIpc) is 3.80. The molecule has 0 aliphatic carbocycles. The Kier molecular flexibility index (Phi) is 7.39. The average molecular weight is 719 g/mol. The summed E-state index contributed by atoms with van der Waals surface area (Å²) < 4.78 is 5.03. The fraction of sp³-hybridized carbons (Fsp3) is 0. The lowest BCUT2D eigenvalue weighted by Gasteiger charge is -2.26. The van der Waals surface area contributed by atoms with Crippen molar-refractivity contribution in [2.45, 2.75) is 0 Å². The molecule has 0 fully saturated rings. The van der Waals surface area contributed by atoms with E-state index in [1.807, 2.05) is 11.3 Å². The van der Waals surface area contributed by atoms with E-state index < -0.39 is 0 Å². The van der Waals surface area contributed by atoms with Crippen LogP contribution < -0.4 is 4.90 Å². The first-order valence-electron chi connectivity index (χ1n) is 18.8. The summed E-state index contributed by atoms with van der Waals surface area (Å²) in [5, 5.41) is 7.65. The first-order chi connectivity index (χ1) is 27.3. The normalized spacial score (nSPS) is 11.6. The highest BCUT2D eigenvalue weighted by Crippen LogP contribution is 2.44. The van der Waals surface area contributed by atoms with Crippen LogP contribution in [0.3, 0.4) is 0 Å². The van der Waals surface area contributed by atoms with Gasteiger partial charge in [0.15, 0.2) is 0 Å². The number of thiophene rings is 1. The van der Waals surface area contributed by atoms with Crippen LogP contribution in [0.25, 0.3) is 80.7 Å². The maximum atomic E-state index is 2.42. The second-order valence-corrected chi connectivity index (χ2v) is 15.2. The van der Waals surface area contributed by atoms with Crippen molar-refractivity contribution in [1.29, 1.82) is 0 Å². The van der Waals surface area contributed by atoms with Gasteiger partial charge in [0.25, 0.3) is 0 Å². The molecule has 0 spiro atoms. The van der Waals surface area contributed by atoms with Crippen LogP contribution in [0.4, 0.5) is 17.1 Å². The summed E-state index contributed by atoms with van der Waals surface area (Å²) in [6.45, 7) is 0. The van der Waals surface area contributed by atoms with Crippen molar-refractivity contribution >= 4 is 81.1 Å². The van der Waals surface area contributed by atoms with E-state index in [4.69, 9.17) is 0 Å². The van der Waals surface area contributed by atoms with Crippen molar-refractivity contribution in [1.82, 2.24) is 4.57 Å². The van der Waals surface area contributed by atoms with E-state index in [1.165, 1.54) is 75.0 Å². The number of rotatable bonds is 6. The van der Waals surface area contributed by atoms with Crippen molar-refractivity contribution in [2.24, 2.45) is 0 Å². The topological polar surface area (TPSA) is 8.17 Å². The maximum absolute atomic E-state index is 2.42. The molecule has 0 saturated heterocycles. The number of nitrogens with zero attached hydrogens (tertiary/aromatic N) is 2. The van der Waals surface area contributed by atoms with Gasteiger partial charge in [-0.2, -0.15) is 0 Å². The Morgan fingerprint density at radius 1 is 0.345 bits per heavy atom. The molecule has 11 rings (SSSR count). The third kappa shape index (κ3) is 5.24. The second-order valence-electron chi connectivity index (χ2n) is 14.1. The molecule has 11 aromatic rings. The molecular formula is C52H34N2S. The van der Waals surface area contributed by atoms with Crippen LogP contribution in [0.5, 0.6) is 0 Å². The van der Waals surface area contributed by atoms with Crippen LogP contribution in [-0.4, -0.2) is 4.57 Å². The Morgan fingerprint density at radius 3 is 1.78 bits per heavy atom. The Labute approximate surface area is 323 Å². The van der Waals surface area contributed by atoms with Crippen molar-refractivity contribution in [3.05, 3.63) is 206 Å². The Bertz CT molecular complexity index is 3190. The smallest absolute Gasteiger partial charge is 0.0553 e. The van der Waals surface area contributed by atoms with Crippen LogP contribution in [0, 0.1) is 0 Å². The molecule has 0 saturated carbocycles. The van der Waals surface area contributed by atoms with E-state index in [9.17, 15) is 0 Å². The zero-order valence-electron chi connectivity index (χ0n) is 29.9. The molecule has 0 N–H and O–H groups in total. The van der Waals surface area contributed by atoms with Crippen LogP contribution in [0.15, 0.2) is 206 Å². The van der Waals surface area contributed by atoms with Gasteiger partial charge >= 0.3 is 0 Å². The molecule has 3 heteroatoms. The number of anilines is 3. The standard InChI is InChI=1S/C52H34N2S/c1-3-14-35(15-4-1)37-16-13-19-40(32-37)53(41-30-31-51-47(33-41)43-21-10-12-25-50(43)55-51)39-28-26-36(27-29-39)46-34-49-52(44-22-8-7-20-42(44)46)45-23-9-11-24-48(45)54(49)38-17-5-2-6-18-38/h1-34H. The number of fused-ring (bicyclic) bond motifs is 8. The second kappa shape index (κ2) is 12.9. The summed E-state index contributed by atoms with van der Waals surface area (Å²) >= 11 is 1.85. The van der Waals surface area contributed by atoms with Gasteiger partial charge in [0, 0.05) is 53.7 Å². The largest absolute Gasteiger partial charge is 0.310 e. The Hall–Kier alpha value is -6.94. The van der Waals surface area contributed by atoms with Crippen LogP contribution >= 0.6 is 11.3 Å². The molecule has 0 atom stereocenters. The molecule has 2 aromatic heterocycles. The van der Waals surface area contributed by atoms with Gasteiger partial charge in [-0.05, 0) is 106 Å². The van der Waals surface area contributed by atoms with E-state index in [2.05, 4.69) is 216 Å². The van der Waals surface area contributed by atoms with E-state index in [0.29, 0.717) is 0 Å². The summed E-state index contributed by atoms with van der Waals surface area (Å²) in [7, 11) is 0. The van der Waals surface area contributed by atoms with Crippen molar-refractivity contribution < 1.29 is 0 Å². The molecule has 2 heterocycles. The van der Waals surface area contributed by atoms with E-state index >= 15 is 0 Å². The molecule has 258 valence electrons.